The highest BCUT2D eigenvalue weighted by Gasteiger charge is 2.18. The normalized spacial score (nSPS) is 11.9. The van der Waals surface area contributed by atoms with Crippen molar-refractivity contribution in [3.63, 3.8) is 0 Å². The fourth-order valence-corrected chi connectivity index (χ4v) is 2.71. The SMILES string of the molecule is Cc1nc(-c2ccc(C(C)(C)C)s2)nc(Cl)c1F. The number of thiophene rings is 1. The molecule has 0 atom stereocenters. The van der Waals surface area contributed by atoms with Gasteiger partial charge in [0.1, 0.15) is 0 Å². The van der Waals surface area contributed by atoms with E-state index in [2.05, 4.69) is 36.8 Å². The molecule has 0 aromatic carbocycles. The Bertz CT molecular complexity index is 564. The summed E-state index contributed by atoms with van der Waals surface area (Å²) in [5, 5.41) is -0.122. The van der Waals surface area contributed by atoms with E-state index < -0.39 is 5.82 Å². The molecule has 2 rings (SSSR count). The quantitative estimate of drug-likeness (QED) is 0.715. The van der Waals surface area contributed by atoms with E-state index in [1.54, 1.807) is 18.3 Å². The summed E-state index contributed by atoms with van der Waals surface area (Å²) in [6.07, 6.45) is 0. The van der Waals surface area contributed by atoms with Crippen molar-refractivity contribution in [3.8, 4) is 10.7 Å². The fraction of sp³-hybridized carbons (Fsp3) is 0.385. The second-order valence-electron chi connectivity index (χ2n) is 5.15. The average molecular weight is 285 g/mol. The zero-order valence-electron chi connectivity index (χ0n) is 10.7. The van der Waals surface area contributed by atoms with E-state index in [9.17, 15) is 4.39 Å². The van der Waals surface area contributed by atoms with Crippen molar-refractivity contribution in [2.75, 3.05) is 0 Å². The Labute approximate surface area is 115 Å². The van der Waals surface area contributed by atoms with Crippen LogP contribution in [0.3, 0.4) is 0 Å². The summed E-state index contributed by atoms with van der Waals surface area (Å²) in [6, 6.07) is 4.00. The molecule has 5 heteroatoms. The van der Waals surface area contributed by atoms with Crippen LogP contribution >= 0.6 is 22.9 Å². The Morgan fingerprint density at radius 2 is 1.89 bits per heavy atom. The molecule has 0 aliphatic rings. The zero-order valence-corrected chi connectivity index (χ0v) is 12.3. The zero-order chi connectivity index (χ0) is 13.5. The molecular weight excluding hydrogens is 271 g/mol. The van der Waals surface area contributed by atoms with Gasteiger partial charge in [0.25, 0.3) is 0 Å². The fourth-order valence-electron chi connectivity index (χ4n) is 1.50. The van der Waals surface area contributed by atoms with Crippen LogP contribution in [0.4, 0.5) is 4.39 Å². The molecular formula is C13H14ClFN2S. The molecule has 0 bridgehead atoms. The van der Waals surface area contributed by atoms with E-state index >= 15 is 0 Å². The lowest BCUT2D eigenvalue weighted by molar-refractivity contribution is 0.603. The Morgan fingerprint density at radius 1 is 1.22 bits per heavy atom. The maximum atomic E-state index is 13.4. The van der Waals surface area contributed by atoms with Gasteiger partial charge in [0, 0.05) is 4.88 Å². The highest BCUT2D eigenvalue weighted by Crippen LogP contribution is 2.34. The molecule has 0 amide bonds. The van der Waals surface area contributed by atoms with E-state index in [4.69, 9.17) is 11.6 Å². The molecule has 0 spiro atoms. The summed E-state index contributed by atoms with van der Waals surface area (Å²) in [6.45, 7) is 8.02. The minimum Gasteiger partial charge on any atom is -0.229 e. The molecule has 2 nitrogen and oxygen atoms in total. The molecule has 0 saturated carbocycles. The van der Waals surface area contributed by atoms with Gasteiger partial charge in [0.05, 0.1) is 10.6 Å². The van der Waals surface area contributed by atoms with Crippen LogP contribution in [-0.4, -0.2) is 9.97 Å². The van der Waals surface area contributed by atoms with Gasteiger partial charge in [-0.15, -0.1) is 11.3 Å². The van der Waals surface area contributed by atoms with Crippen molar-refractivity contribution in [3.05, 3.63) is 33.7 Å². The van der Waals surface area contributed by atoms with Gasteiger partial charge < -0.3 is 0 Å². The van der Waals surface area contributed by atoms with E-state index in [1.807, 2.05) is 6.07 Å². The van der Waals surface area contributed by atoms with Crippen molar-refractivity contribution < 1.29 is 4.39 Å². The minimum absolute atomic E-state index is 0.0851. The van der Waals surface area contributed by atoms with Crippen molar-refractivity contribution in [2.24, 2.45) is 0 Å². The first kappa shape index (κ1) is 13.4. The number of aromatic nitrogens is 2. The van der Waals surface area contributed by atoms with Crippen LogP contribution in [0.1, 0.15) is 31.3 Å². The maximum absolute atomic E-state index is 13.4. The van der Waals surface area contributed by atoms with Gasteiger partial charge >= 0.3 is 0 Å². The Hall–Kier alpha value is -1.00. The third-order valence-corrected chi connectivity index (χ3v) is 4.30. The van der Waals surface area contributed by atoms with Gasteiger partial charge in [-0.3, -0.25) is 0 Å². The van der Waals surface area contributed by atoms with Crippen molar-refractivity contribution in [1.82, 2.24) is 9.97 Å². The van der Waals surface area contributed by atoms with Gasteiger partial charge in [-0.25, -0.2) is 14.4 Å². The average Bonchev–Trinajstić information content (AvgIpc) is 2.73. The summed E-state index contributed by atoms with van der Waals surface area (Å²) in [5.41, 5.74) is 0.359. The largest absolute Gasteiger partial charge is 0.229 e. The lowest BCUT2D eigenvalue weighted by atomic mass is 9.95. The molecule has 2 aromatic rings. The van der Waals surface area contributed by atoms with Gasteiger partial charge in [0.15, 0.2) is 16.8 Å². The van der Waals surface area contributed by atoms with Crippen molar-refractivity contribution >= 4 is 22.9 Å². The number of aryl methyl sites for hydroxylation is 1. The van der Waals surface area contributed by atoms with Crippen LogP contribution in [-0.2, 0) is 5.41 Å². The standard InChI is InChI=1S/C13H14ClFN2S/c1-7-10(15)11(14)17-12(16-7)8-5-6-9(18-8)13(2,3)4/h5-6H,1-4H3. The lowest BCUT2D eigenvalue weighted by Gasteiger charge is -2.15. The molecule has 2 aromatic heterocycles. The summed E-state index contributed by atoms with van der Waals surface area (Å²) in [7, 11) is 0. The highest BCUT2D eigenvalue weighted by atomic mass is 35.5. The molecule has 96 valence electrons. The Balaban J connectivity index is 2.47. The highest BCUT2D eigenvalue weighted by molar-refractivity contribution is 7.15. The predicted molar refractivity (Wildman–Crippen MR) is 73.8 cm³/mol. The van der Waals surface area contributed by atoms with Crippen molar-refractivity contribution in [2.45, 2.75) is 33.1 Å². The smallest absolute Gasteiger partial charge is 0.181 e. The van der Waals surface area contributed by atoms with E-state index in [0.29, 0.717) is 5.82 Å². The van der Waals surface area contributed by atoms with E-state index in [-0.39, 0.29) is 16.3 Å². The van der Waals surface area contributed by atoms with Crippen LogP contribution in [0.2, 0.25) is 5.15 Å². The Kier molecular flexibility index (Phi) is 3.43. The molecule has 18 heavy (non-hydrogen) atoms. The van der Waals surface area contributed by atoms with Gasteiger partial charge in [-0.1, -0.05) is 32.4 Å². The molecule has 0 aliphatic carbocycles. The molecule has 0 saturated heterocycles. The summed E-state index contributed by atoms with van der Waals surface area (Å²) >= 11 is 7.35. The first-order valence-electron chi connectivity index (χ1n) is 5.59. The monoisotopic (exact) mass is 284 g/mol. The molecule has 2 heterocycles. The number of hydrogen-bond donors (Lipinski definition) is 0. The predicted octanol–water partition coefficient (Wildman–Crippen LogP) is 4.60. The Morgan fingerprint density at radius 3 is 2.39 bits per heavy atom. The lowest BCUT2D eigenvalue weighted by Crippen LogP contribution is -2.07. The third kappa shape index (κ3) is 2.54. The number of hydrogen-bond acceptors (Lipinski definition) is 3. The third-order valence-electron chi connectivity index (χ3n) is 2.54. The summed E-state index contributed by atoms with van der Waals surface area (Å²) < 4.78 is 13.4. The molecule has 0 fully saturated rings. The first-order chi connectivity index (χ1) is 8.29. The summed E-state index contributed by atoms with van der Waals surface area (Å²) in [5.74, 6) is -0.0626. The molecule has 0 unspecified atom stereocenters. The summed E-state index contributed by atoms with van der Waals surface area (Å²) in [4.78, 5) is 10.3. The van der Waals surface area contributed by atoms with Gasteiger partial charge in [-0.05, 0) is 24.5 Å². The van der Waals surface area contributed by atoms with Crippen LogP contribution in [0, 0.1) is 12.7 Å². The number of rotatable bonds is 1. The minimum atomic E-state index is -0.548. The van der Waals surface area contributed by atoms with Gasteiger partial charge in [-0.2, -0.15) is 0 Å². The van der Waals surface area contributed by atoms with Crippen LogP contribution in [0.15, 0.2) is 12.1 Å². The molecule has 0 aliphatic heterocycles. The first-order valence-corrected chi connectivity index (χ1v) is 6.79. The van der Waals surface area contributed by atoms with Crippen LogP contribution in [0.25, 0.3) is 10.7 Å². The molecule has 0 radical (unpaired) electrons. The van der Waals surface area contributed by atoms with E-state index in [0.717, 1.165) is 4.88 Å². The number of halogens is 2. The van der Waals surface area contributed by atoms with Gasteiger partial charge in [0.2, 0.25) is 0 Å². The molecule has 0 N–H and O–H groups in total. The second kappa shape index (κ2) is 4.59. The van der Waals surface area contributed by atoms with Crippen molar-refractivity contribution in [1.29, 1.82) is 0 Å². The van der Waals surface area contributed by atoms with Crippen LogP contribution < -0.4 is 0 Å². The second-order valence-corrected chi connectivity index (χ2v) is 6.59. The van der Waals surface area contributed by atoms with E-state index in [1.165, 1.54) is 4.88 Å². The van der Waals surface area contributed by atoms with Crippen LogP contribution in [0.5, 0.6) is 0 Å². The maximum Gasteiger partial charge on any atom is 0.181 e. The number of nitrogens with zero attached hydrogens (tertiary/aromatic N) is 2. The topological polar surface area (TPSA) is 25.8 Å².